The van der Waals surface area contributed by atoms with E-state index in [0.29, 0.717) is 11.9 Å². The molecular weight excluding hydrogens is 179 g/mol. The van der Waals surface area contributed by atoms with Gasteiger partial charge in [0.05, 0.1) is 0 Å². The maximum atomic E-state index is 12.9. The second kappa shape index (κ2) is 4.94. The first kappa shape index (κ1) is 11.0. The van der Waals surface area contributed by atoms with E-state index in [0.717, 1.165) is 12.8 Å². The SMILES string of the molecule is CCC(CC)N(C)c1cccc(F)n1. The van der Waals surface area contributed by atoms with Gasteiger partial charge < -0.3 is 4.90 Å². The number of hydrogen-bond donors (Lipinski definition) is 0. The quantitative estimate of drug-likeness (QED) is 0.688. The zero-order valence-electron chi connectivity index (χ0n) is 9.00. The van der Waals surface area contributed by atoms with Gasteiger partial charge in [-0.2, -0.15) is 4.39 Å². The Hall–Kier alpha value is -1.12. The smallest absolute Gasteiger partial charge is 0.214 e. The Kier molecular flexibility index (Phi) is 3.86. The Bertz CT molecular complexity index is 284. The number of rotatable bonds is 4. The van der Waals surface area contributed by atoms with Crippen LogP contribution in [0.25, 0.3) is 0 Å². The van der Waals surface area contributed by atoms with Gasteiger partial charge in [-0.1, -0.05) is 19.9 Å². The molecule has 14 heavy (non-hydrogen) atoms. The largest absolute Gasteiger partial charge is 0.357 e. The molecule has 0 aliphatic heterocycles. The van der Waals surface area contributed by atoms with Crippen LogP contribution in [0.1, 0.15) is 26.7 Å². The predicted octanol–water partition coefficient (Wildman–Crippen LogP) is 2.85. The van der Waals surface area contributed by atoms with Gasteiger partial charge in [0.25, 0.3) is 0 Å². The van der Waals surface area contributed by atoms with Gasteiger partial charge in [0.2, 0.25) is 5.95 Å². The van der Waals surface area contributed by atoms with Crippen molar-refractivity contribution in [3.63, 3.8) is 0 Å². The Morgan fingerprint density at radius 1 is 1.36 bits per heavy atom. The molecule has 2 nitrogen and oxygen atoms in total. The van der Waals surface area contributed by atoms with Crippen LogP contribution in [0, 0.1) is 5.95 Å². The molecule has 0 bridgehead atoms. The molecule has 78 valence electrons. The zero-order valence-corrected chi connectivity index (χ0v) is 9.00. The summed E-state index contributed by atoms with van der Waals surface area (Å²) in [5, 5.41) is 0. The highest BCUT2D eigenvalue weighted by molar-refractivity contribution is 5.37. The summed E-state index contributed by atoms with van der Waals surface area (Å²) in [4.78, 5) is 5.88. The summed E-state index contributed by atoms with van der Waals surface area (Å²) in [6.07, 6.45) is 2.09. The van der Waals surface area contributed by atoms with Gasteiger partial charge in [-0.15, -0.1) is 0 Å². The molecule has 0 aliphatic carbocycles. The van der Waals surface area contributed by atoms with Crippen molar-refractivity contribution in [2.75, 3.05) is 11.9 Å². The molecule has 1 rings (SSSR count). The topological polar surface area (TPSA) is 16.1 Å². The van der Waals surface area contributed by atoms with Crippen molar-refractivity contribution in [2.24, 2.45) is 0 Å². The van der Waals surface area contributed by atoms with Crippen LogP contribution in [0.3, 0.4) is 0 Å². The number of aromatic nitrogens is 1. The Morgan fingerprint density at radius 2 is 2.00 bits per heavy atom. The van der Waals surface area contributed by atoms with Gasteiger partial charge in [-0.05, 0) is 25.0 Å². The molecule has 1 aromatic rings. The molecule has 3 heteroatoms. The molecule has 0 amide bonds. The summed E-state index contributed by atoms with van der Waals surface area (Å²) in [5.41, 5.74) is 0. The minimum atomic E-state index is -0.416. The van der Waals surface area contributed by atoms with Gasteiger partial charge >= 0.3 is 0 Å². The fourth-order valence-electron chi connectivity index (χ4n) is 1.62. The second-order valence-electron chi connectivity index (χ2n) is 3.40. The first-order valence-electron chi connectivity index (χ1n) is 5.04. The lowest BCUT2D eigenvalue weighted by atomic mass is 10.1. The lowest BCUT2D eigenvalue weighted by Gasteiger charge is -2.27. The maximum absolute atomic E-state index is 12.9. The number of hydrogen-bond acceptors (Lipinski definition) is 2. The number of anilines is 1. The lowest BCUT2D eigenvalue weighted by Crippen LogP contribution is -2.31. The van der Waals surface area contributed by atoms with Crippen LogP contribution in [-0.2, 0) is 0 Å². The monoisotopic (exact) mass is 196 g/mol. The number of halogens is 1. The summed E-state index contributed by atoms with van der Waals surface area (Å²) >= 11 is 0. The molecule has 0 unspecified atom stereocenters. The van der Waals surface area contributed by atoms with Crippen LogP contribution in [0.2, 0.25) is 0 Å². The molecule has 1 heterocycles. The van der Waals surface area contributed by atoms with E-state index in [1.165, 1.54) is 6.07 Å². The van der Waals surface area contributed by atoms with Crippen molar-refractivity contribution in [3.05, 3.63) is 24.1 Å². The first-order valence-corrected chi connectivity index (χ1v) is 5.04. The zero-order chi connectivity index (χ0) is 10.6. The Labute approximate surface area is 84.8 Å². The summed E-state index contributed by atoms with van der Waals surface area (Å²) in [6, 6.07) is 5.33. The molecule has 0 spiro atoms. The molecule has 0 aliphatic rings. The van der Waals surface area contributed by atoms with Gasteiger partial charge in [-0.3, -0.25) is 0 Å². The van der Waals surface area contributed by atoms with E-state index in [1.807, 2.05) is 18.0 Å². The fourth-order valence-corrected chi connectivity index (χ4v) is 1.62. The van der Waals surface area contributed by atoms with Gasteiger partial charge in [0.1, 0.15) is 5.82 Å². The normalized spacial score (nSPS) is 10.6. The van der Waals surface area contributed by atoms with Crippen LogP contribution in [0.5, 0.6) is 0 Å². The highest BCUT2D eigenvalue weighted by atomic mass is 19.1. The molecule has 1 aromatic heterocycles. The van der Waals surface area contributed by atoms with Crippen molar-refractivity contribution in [1.29, 1.82) is 0 Å². The highest BCUT2D eigenvalue weighted by Gasteiger charge is 2.12. The van der Waals surface area contributed by atoms with Crippen molar-refractivity contribution in [2.45, 2.75) is 32.7 Å². The molecule has 0 saturated carbocycles. The summed E-state index contributed by atoms with van der Waals surface area (Å²) in [6.45, 7) is 4.26. The minimum absolute atomic E-state index is 0.416. The number of pyridine rings is 1. The third-order valence-electron chi connectivity index (χ3n) is 2.55. The average Bonchev–Trinajstić information content (AvgIpc) is 2.19. The van der Waals surface area contributed by atoms with E-state index in [4.69, 9.17) is 0 Å². The van der Waals surface area contributed by atoms with Crippen LogP contribution in [0.4, 0.5) is 10.2 Å². The third kappa shape index (κ3) is 2.44. The van der Waals surface area contributed by atoms with E-state index in [1.54, 1.807) is 6.07 Å². The third-order valence-corrected chi connectivity index (χ3v) is 2.55. The second-order valence-corrected chi connectivity index (χ2v) is 3.40. The van der Waals surface area contributed by atoms with Gasteiger partial charge in [0, 0.05) is 13.1 Å². The van der Waals surface area contributed by atoms with E-state index >= 15 is 0 Å². The standard InChI is InChI=1S/C11H17FN2/c1-4-9(5-2)14(3)11-8-6-7-10(12)13-11/h6-9H,4-5H2,1-3H3. The summed E-state index contributed by atoms with van der Waals surface area (Å²) in [7, 11) is 1.96. The lowest BCUT2D eigenvalue weighted by molar-refractivity contribution is 0.560. The summed E-state index contributed by atoms with van der Waals surface area (Å²) < 4.78 is 12.9. The van der Waals surface area contributed by atoms with E-state index in [-0.39, 0.29) is 0 Å². The van der Waals surface area contributed by atoms with Crippen molar-refractivity contribution < 1.29 is 4.39 Å². The first-order chi connectivity index (χ1) is 6.69. The van der Waals surface area contributed by atoms with Crippen LogP contribution < -0.4 is 4.90 Å². The average molecular weight is 196 g/mol. The van der Waals surface area contributed by atoms with Crippen LogP contribution >= 0.6 is 0 Å². The minimum Gasteiger partial charge on any atom is -0.357 e. The summed E-state index contributed by atoms with van der Waals surface area (Å²) in [5.74, 6) is 0.291. The van der Waals surface area contributed by atoms with E-state index in [9.17, 15) is 4.39 Å². The molecule has 0 atom stereocenters. The van der Waals surface area contributed by atoms with E-state index in [2.05, 4.69) is 18.8 Å². The fraction of sp³-hybridized carbons (Fsp3) is 0.545. The molecule has 0 radical (unpaired) electrons. The molecular formula is C11H17FN2. The predicted molar refractivity (Wildman–Crippen MR) is 57.0 cm³/mol. The van der Waals surface area contributed by atoms with Crippen LogP contribution in [-0.4, -0.2) is 18.1 Å². The Morgan fingerprint density at radius 3 is 2.50 bits per heavy atom. The van der Waals surface area contributed by atoms with Crippen LogP contribution in [0.15, 0.2) is 18.2 Å². The number of nitrogens with zero attached hydrogens (tertiary/aromatic N) is 2. The highest BCUT2D eigenvalue weighted by Crippen LogP contribution is 2.15. The Balaban J connectivity index is 2.82. The molecule has 0 N–H and O–H groups in total. The van der Waals surface area contributed by atoms with Crippen molar-refractivity contribution >= 4 is 5.82 Å². The molecule has 0 saturated heterocycles. The van der Waals surface area contributed by atoms with Gasteiger partial charge in [-0.25, -0.2) is 4.98 Å². The van der Waals surface area contributed by atoms with Crippen molar-refractivity contribution in [3.8, 4) is 0 Å². The van der Waals surface area contributed by atoms with Gasteiger partial charge in [0.15, 0.2) is 0 Å². The molecule has 0 aromatic carbocycles. The van der Waals surface area contributed by atoms with Crippen molar-refractivity contribution in [1.82, 2.24) is 4.98 Å². The molecule has 0 fully saturated rings. The maximum Gasteiger partial charge on any atom is 0.214 e. The van der Waals surface area contributed by atoms with E-state index < -0.39 is 5.95 Å².